The molecule has 0 saturated carbocycles. The average molecular weight is 278 g/mol. The van der Waals surface area contributed by atoms with Crippen LogP contribution in [-0.2, 0) is 4.74 Å². The first-order valence-electron chi connectivity index (χ1n) is 6.55. The van der Waals surface area contributed by atoms with Crippen LogP contribution < -0.4 is 0 Å². The van der Waals surface area contributed by atoms with Crippen LogP contribution in [0.15, 0.2) is 65.6 Å². The number of ether oxygens (including phenoxy) is 1. The van der Waals surface area contributed by atoms with E-state index in [9.17, 15) is 4.79 Å². The zero-order valence-corrected chi connectivity index (χ0v) is 11.6. The first-order valence-corrected chi connectivity index (χ1v) is 6.55. The Morgan fingerprint density at radius 2 is 1.81 bits per heavy atom. The fourth-order valence-corrected chi connectivity index (χ4v) is 2.22. The summed E-state index contributed by atoms with van der Waals surface area (Å²) in [5, 5.41) is 1.03. The summed E-state index contributed by atoms with van der Waals surface area (Å²) in [7, 11) is 1.36. The summed E-state index contributed by atoms with van der Waals surface area (Å²) >= 11 is 0. The Morgan fingerprint density at radius 1 is 1.05 bits per heavy atom. The molecule has 3 nitrogen and oxygen atoms in total. The van der Waals surface area contributed by atoms with E-state index in [1.165, 1.54) is 7.11 Å². The van der Waals surface area contributed by atoms with Crippen LogP contribution in [0, 0.1) is 0 Å². The number of fused-ring (bicyclic) bond motifs is 1. The molecule has 0 aliphatic carbocycles. The van der Waals surface area contributed by atoms with Gasteiger partial charge in [-0.2, -0.15) is 0 Å². The smallest absolute Gasteiger partial charge is 0.337 e. The van der Waals surface area contributed by atoms with E-state index in [2.05, 4.69) is 6.58 Å². The van der Waals surface area contributed by atoms with Gasteiger partial charge in [-0.3, -0.25) is 0 Å². The van der Waals surface area contributed by atoms with E-state index in [0.29, 0.717) is 11.3 Å². The van der Waals surface area contributed by atoms with Crippen LogP contribution in [0.5, 0.6) is 0 Å². The number of rotatable bonds is 3. The van der Waals surface area contributed by atoms with Gasteiger partial charge in [0.05, 0.1) is 12.7 Å². The molecular formula is C18H14O3. The predicted octanol–water partition coefficient (Wildman–Crippen LogP) is 4.28. The Labute approximate surface area is 122 Å². The molecule has 21 heavy (non-hydrogen) atoms. The highest BCUT2D eigenvalue weighted by molar-refractivity contribution is 5.92. The number of para-hydroxylation sites is 1. The number of benzene rings is 2. The van der Waals surface area contributed by atoms with Gasteiger partial charge in [-0.1, -0.05) is 36.9 Å². The van der Waals surface area contributed by atoms with Crippen molar-refractivity contribution in [2.75, 3.05) is 7.11 Å². The van der Waals surface area contributed by atoms with Crippen molar-refractivity contribution < 1.29 is 13.9 Å². The van der Waals surface area contributed by atoms with Crippen molar-refractivity contribution in [3.8, 4) is 0 Å². The van der Waals surface area contributed by atoms with Crippen LogP contribution in [0.25, 0.3) is 16.5 Å². The second-order valence-corrected chi connectivity index (χ2v) is 4.70. The molecule has 1 heterocycles. The Hall–Kier alpha value is -2.81. The van der Waals surface area contributed by atoms with Gasteiger partial charge in [0.25, 0.3) is 0 Å². The summed E-state index contributed by atoms with van der Waals surface area (Å²) < 4.78 is 10.5. The summed E-state index contributed by atoms with van der Waals surface area (Å²) in [4.78, 5) is 11.6. The SMILES string of the molecule is C=C(c1cccc(C(=O)OC)c1)c1cc2ccccc2o1. The lowest BCUT2D eigenvalue weighted by molar-refractivity contribution is 0.0600. The number of methoxy groups -OCH3 is 1. The molecule has 0 unspecified atom stereocenters. The molecule has 0 saturated heterocycles. The van der Waals surface area contributed by atoms with Gasteiger partial charge in [-0.25, -0.2) is 4.79 Å². The number of carbonyl (C=O) groups excluding carboxylic acids is 1. The molecule has 0 fully saturated rings. The summed E-state index contributed by atoms with van der Waals surface area (Å²) in [6, 6.07) is 16.9. The summed E-state index contributed by atoms with van der Waals surface area (Å²) in [6.07, 6.45) is 0. The Bertz CT molecular complexity index is 794. The van der Waals surface area contributed by atoms with E-state index >= 15 is 0 Å². The Morgan fingerprint density at radius 3 is 2.57 bits per heavy atom. The molecule has 0 aliphatic heterocycles. The van der Waals surface area contributed by atoms with E-state index in [0.717, 1.165) is 22.1 Å². The first-order chi connectivity index (χ1) is 10.2. The zero-order valence-electron chi connectivity index (χ0n) is 11.6. The Kier molecular flexibility index (Phi) is 3.32. The molecular weight excluding hydrogens is 264 g/mol. The highest BCUT2D eigenvalue weighted by atomic mass is 16.5. The van der Waals surface area contributed by atoms with Gasteiger partial charge in [0.1, 0.15) is 11.3 Å². The van der Waals surface area contributed by atoms with E-state index in [-0.39, 0.29) is 5.97 Å². The third kappa shape index (κ3) is 2.46. The maximum atomic E-state index is 11.6. The Balaban J connectivity index is 1.99. The highest BCUT2D eigenvalue weighted by Crippen LogP contribution is 2.28. The third-order valence-corrected chi connectivity index (χ3v) is 3.36. The van der Waals surface area contributed by atoms with Crippen LogP contribution in [-0.4, -0.2) is 13.1 Å². The average Bonchev–Trinajstić information content (AvgIpc) is 2.97. The maximum Gasteiger partial charge on any atom is 0.337 e. The number of furan rings is 1. The van der Waals surface area contributed by atoms with Gasteiger partial charge in [0.15, 0.2) is 0 Å². The van der Waals surface area contributed by atoms with E-state index < -0.39 is 0 Å². The molecule has 0 amide bonds. The minimum Gasteiger partial charge on any atom is -0.465 e. The fourth-order valence-electron chi connectivity index (χ4n) is 2.22. The minimum absolute atomic E-state index is 0.366. The van der Waals surface area contributed by atoms with Gasteiger partial charge in [-0.15, -0.1) is 0 Å². The van der Waals surface area contributed by atoms with Crippen molar-refractivity contribution in [1.82, 2.24) is 0 Å². The normalized spacial score (nSPS) is 10.5. The topological polar surface area (TPSA) is 39.4 Å². The van der Waals surface area contributed by atoms with Crippen LogP contribution in [0.4, 0.5) is 0 Å². The van der Waals surface area contributed by atoms with Crippen molar-refractivity contribution in [2.45, 2.75) is 0 Å². The van der Waals surface area contributed by atoms with Gasteiger partial charge in [0, 0.05) is 11.0 Å². The van der Waals surface area contributed by atoms with E-state index in [4.69, 9.17) is 9.15 Å². The van der Waals surface area contributed by atoms with Crippen LogP contribution in [0.1, 0.15) is 21.7 Å². The fraction of sp³-hybridized carbons (Fsp3) is 0.0556. The molecule has 1 aromatic heterocycles. The number of hydrogen-bond donors (Lipinski definition) is 0. The van der Waals surface area contributed by atoms with Crippen molar-refractivity contribution in [2.24, 2.45) is 0 Å². The van der Waals surface area contributed by atoms with Gasteiger partial charge >= 0.3 is 5.97 Å². The summed E-state index contributed by atoms with van der Waals surface area (Å²) in [6.45, 7) is 4.07. The third-order valence-electron chi connectivity index (χ3n) is 3.36. The second-order valence-electron chi connectivity index (χ2n) is 4.70. The lowest BCUT2D eigenvalue weighted by atomic mass is 10.0. The van der Waals surface area contributed by atoms with Crippen molar-refractivity contribution in [3.63, 3.8) is 0 Å². The molecule has 0 bridgehead atoms. The summed E-state index contributed by atoms with van der Waals surface area (Å²) in [5.74, 6) is 0.326. The van der Waals surface area contributed by atoms with E-state index in [1.54, 1.807) is 18.2 Å². The number of carbonyl (C=O) groups is 1. The lowest BCUT2D eigenvalue weighted by Gasteiger charge is -2.05. The van der Waals surface area contributed by atoms with E-state index in [1.807, 2.05) is 36.4 Å². The largest absolute Gasteiger partial charge is 0.465 e. The van der Waals surface area contributed by atoms with Crippen molar-refractivity contribution in [3.05, 3.63) is 78.1 Å². The predicted molar refractivity (Wildman–Crippen MR) is 82.1 cm³/mol. The van der Waals surface area contributed by atoms with Crippen molar-refractivity contribution >= 4 is 22.5 Å². The monoisotopic (exact) mass is 278 g/mol. The molecule has 104 valence electrons. The van der Waals surface area contributed by atoms with Gasteiger partial charge in [-0.05, 0) is 29.8 Å². The molecule has 3 aromatic rings. The highest BCUT2D eigenvalue weighted by Gasteiger charge is 2.11. The molecule has 3 heteroatoms. The van der Waals surface area contributed by atoms with Gasteiger partial charge in [0.2, 0.25) is 0 Å². The number of hydrogen-bond acceptors (Lipinski definition) is 3. The molecule has 0 spiro atoms. The molecule has 0 radical (unpaired) electrons. The quantitative estimate of drug-likeness (QED) is 0.671. The molecule has 0 aliphatic rings. The first kappa shape index (κ1) is 13.2. The molecule has 0 N–H and O–H groups in total. The maximum absolute atomic E-state index is 11.6. The van der Waals surface area contributed by atoms with Crippen LogP contribution in [0.2, 0.25) is 0 Å². The zero-order chi connectivity index (χ0) is 14.8. The second kappa shape index (κ2) is 5.29. The molecule has 2 aromatic carbocycles. The van der Waals surface area contributed by atoms with Crippen molar-refractivity contribution in [1.29, 1.82) is 0 Å². The van der Waals surface area contributed by atoms with Crippen LogP contribution >= 0.6 is 0 Å². The standard InChI is InChI=1S/C18H14O3/c1-12(13-7-5-8-15(10-13)18(19)20-2)17-11-14-6-3-4-9-16(14)21-17/h3-11H,1H2,2H3. The van der Waals surface area contributed by atoms with Crippen LogP contribution in [0.3, 0.4) is 0 Å². The lowest BCUT2D eigenvalue weighted by Crippen LogP contribution is -2.01. The minimum atomic E-state index is -0.366. The number of esters is 1. The summed E-state index contributed by atoms with van der Waals surface area (Å²) in [5.41, 5.74) is 2.87. The molecule has 0 atom stereocenters. The van der Waals surface area contributed by atoms with Gasteiger partial charge < -0.3 is 9.15 Å². The molecule has 3 rings (SSSR count).